The lowest BCUT2D eigenvalue weighted by atomic mass is 10.0. The molecule has 6 nitrogen and oxygen atoms in total. The van der Waals surface area contributed by atoms with E-state index in [0.29, 0.717) is 19.0 Å². The standard InChI is InChI=1S/C15H22N4O2/c1-10(11-4-5-11)6-15(20)19-7-12(14(9-19)21-3)13-8-18(2)17-16-13/h6,8,11-12,14H,4-5,7,9H2,1-3H3/b10-6+/t12-,14+/m0/s1. The van der Waals surface area contributed by atoms with Crippen molar-refractivity contribution in [3.8, 4) is 0 Å². The molecule has 1 aliphatic carbocycles. The van der Waals surface area contributed by atoms with E-state index in [9.17, 15) is 4.79 Å². The Balaban J connectivity index is 1.71. The summed E-state index contributed by atoms with van der Waals surface area (Å²) in [5.74, 6) is 0.820. The van der Waals surface area contributed by atoms with Crippen molar-refractivity contribution in [1.29, 1.82) is 0 Å². The van der Waals surface area contributed by atoms with Crippen molar-refractivity contribution in [2.75, 3.05) is 20.2 Å². The van der Waals surface area contributed by atoms with E-state index in [4.69, 9.17) is 4.74 Å². The molecule has 2 aliphatic rings. The predicted octanol–water partition coefficient (Wildman–Crippen LogP) is 1.11. The number of nitrogens with zero attached hydrogens (tertiary/aromatic N) is 4. The number of aryl methyl sites for hydroxylation is 1. The van der Waals surface area contributed by atoms with E-state index in [1.54, 1.807) is 17.9 Å². The van der Waals surface area contributed by atoms with Gasteiger partial charge in [-0.3, -0.25) is 9.48 Å². The average Bonchev–Trinajstić information content (AvgIpc) is 3.08. The number of hydrogen-bond donors (Lipinski definition) is 0. The van der Waals surface area contributed by atoms with Gasteiger partial charge in [0.05, 0.1) is 17.7 Å². The molecular weight excluding hydrogens is 268 g/mol. The topological polar surface area (TPSA) is 60.2 Å². The number of rotatable bonds is 4. The summed E-state index contributed by atoms with van der Waals surface area (Å²) in [6, 6.07) is 0. The third-order valence-corrected chi connectivity index (χ3v) is 4.45. The second-order valence-electron chi connectivity index (χ2n) is 6.10. The lowest BCUT2D eigenvalue weighted by Gasteiger charge is -2.14. The Labute approximate surface area is 124 Å². The highest BCUT2D eigenvalue weighted by Gasteiger charge is 2.37. The summed E-state index contributed by atoms with van der Waals surface area (Å²) in [5.41, 5.74) is 2.10. The SMILES string of the molecule is CO[C@@H]1CN(C(=O)/C=C(\C)C2CC2)C[C@H]1c1cn(C)nn1. The molecule has 2 atom stereocenters. The van der Waals surface area contributed by atoms with Gasteiger partial charge in [-0.25, -0.2) is 0 Å². The van der Waals surface area contributed by atoms with Crippen LogP contribution in [0.25, 0.3) is 0 Å². The molecule has 2 fully saturated rings. The van der Waals surface area contributed by atoms with Gasteiger partial charge in [-0.05, 0) is 25.7 Å². The zero-order chi connectivity index (χ0) is 15.0. The Bertz CT molecular complexity index is 562. The molecular formula is C15H22N4O2. The van der Waals surface area contributed by atoms with Crippen LogP contribution in [-0.4, -0.2) is 52.1 Å². The molecule has 0 aromatic carbocycles. The van der Waals surface area contributed by atoms with Crippen LogP contribution in [0.2, 0.25) is 0 Å². The molecule has 1 aliphatic heterocycles. The number of ether oxygens (including phenoxy) is 1. The molecule has 0 radical (unpaired) electrons. The molecule has 0 bridgehead atoms. The van der Waals surface area contributed by atoms with Crippen LogP contribution in [0.1, 0.15) is 31.4 Å². The molecule has 6 heteroatoms. The molecule has 0 N–H and O–H groups in total. The number of hydrogen-bond acceptors (Lipinski definition) is 4. The normalized spacial score (nSPS) is 26.4. The fourth-order valence-corrected chi connectivity index (χ4v) is 2.95. The van der Waals surface area contributed by atoms with Gasteiger partial charge in [0.15, 0.2) is 0 Å². The molecule has 1 saturated carbocycles. The Kier molecular flexibility index (Phi) is 3.80. The molecule has 114 valence electrons. The van der Waals surface area contributed by atoms with E-state index in [1.807, 2.05) is 18.1 Å². The second-order valence-corrected chi connectivity index (χ2v) is 6.10. The minimum absolute atomic E-state index is 0.0136. The quantitative estimate of drug-likeness (QED) is 0.780. The van der Waals surface area contributed by atoms with Crippen molar-refractivity contribution in [2.24, 2.45) is 13.0 Å². The maximum absolute atomic E-state index is 12.4. The molecule has 1 saturated heterocycles. The van der Waals surface area contributed by atoms with Crippen LogP contribution < -0.4 is 0 Å². The number of methoxy groups -OCH3 is 1. The molecule has 1 aromatic rings. The largest absolute Gasteiger partial charge is 0.379 e. The van der Waals surface area contributed by atoms with Gasteiger partial charge < -0.3 is 9.64 Å². The molecule has 1 amide bonds. The Morgan fingerprint density at radius 1 is 1.43 bits per heavy atom. The van der Waals surface area contributed by atoms with Gasteiger partial charge in [0.2, 0.25) is 5.91 Å². The summed E-state index contributed by atoms with van der Waals surface area (Å²) in [6.07, 6.45) is 6.12. The van der Waals surface area contributed by atoms with Crippen molar-refractivity contribution in [3.63, 3.8) is 0 Å². The minimum Gasteiger partial charge on any atom is -0.379 e. The van der Waals surface area contributed by atoms with E-state index in [-0.39, 0.29) is 17.9 Å². The Hall–Kier alpha value is -1.69. The summed E-state index contributed by atoms with van der Waals surface area (Å²) in [4.78, 5) is 14.2. The van der Waals surface area contributed by atoms with E-state index in [2.05, 4.69) is 17.2 Å². The van der Waals surface area contributed by atoms with Crippen LogP contribution in [0.15, 0.2) is 17.8 Å². The van der Waals surface area contributed by atoms with Gasteiger partial charge in [0.25, 0.3) is 0 Å². The molecule has 0 unspecified atom stereocenters. The third-order valence-electron chi connectivity index (χ3n) is 4.45. The van der Waals surface area contributed by atoms with Crippen molar-refractivity contribution < 1.29 is 9.53 Å². The fourth-order valence-electron chi connectivity index (χ4n) is 2.95. The smallest absolute Gasteiger partial charge is 0.246 e. The highest BCUT2D eigenvalue weighted by Crippen LogP contribution is 2.36. The van der Waals surface area contributed by atoms with E-state index in [0.717, 1.165) is 5.69 Å². The molecule has 2 heterocycles. The summed E-state index contributed by atoms with van der Waals surface area (Å²) >= 11 is 0. The zero-order valence-electron chi connectivity index (χ0n) is 12.8. The number of amides is 1. The van der Waals surface area contributed by atoms with E-state index >= 15 is 0 Å². The van der Waals surface area contributed by atoms with E-state index in [1.165, 1.54) is 18.4 Å². The van der Waals surface area contributed by atoms with Crippen molar-refractivity contribution in [3.05, 3.63) is 23.5 Å². The second kappa shape index (κ2) is 5.60. The first kappa shape index (κ1) is 14.3. The first-order valence-electron chi connectivity index (χ1n) is 7.44. The number of carbonyl (C=O) groups excluding carboxylic acids is 1. The van der Waals surface area contributed by atoms with Crippen LogP contribution >= 0.6 is 0 Å². The lowest BCUT2D eigenvalue weighted by molar-refractivity contribution is -0.125. The Morgan fingerprint density at radius 3 is 2.76 bits per heavy atom. The summed E-state index contributed by atoms with van der Waals surface area (Å²) in [7, 11) is 3.53. The van der Waals surface area contributed by atoms with Crippen LogP contribution in [0.5, 0.6) is 0 Å². The number of allylic oxidation sites excluding steroid dienone is 1. The molecule has 3 rings (SSSR count). The number of carbonyl (C=O) groups is 1. The number of likely N-dealkylation sites (tertiary alicyclic amines) is 1. The van der Waals surface area contributed by atoms with Gasteiger partial charge >= 0.3 is 0 Å². The zero-order valence-corrected chi connectivity index (χ0v) is 12.8. The van der Waals surface area contributed by atoms with Crippen molar-refractivity contribution >= 4 is 5.91 Å². The van der Waals surface area contributed by atoms with Gasteiger partial charge in [0, 0.05) is 39.5 Å². The highest BCUT2D eigenvalue weighted by atomic mass is 16.5. The summed E-state index contributed by atoms with van der Waals surface area (Å²) < 4.78 is 7.23. The monoisotopic (exact) mass is 290 g/mol. The third kappa shape index (κ3) is 3.00. The Morgan fingerprint density at radius 2 is 2.19 bits per heavy atom. The van der Waals surface area contributed by atoms with Gasteiger partial charge in [-0.15, -0.1) is 5.10 Å². The first-order chi connectivity index (χ1) is 10.1. The lowest BCUT2D eigenvalue weighted by Crippen LogP contribution is -2.28. The maximum atomic E-state index is 12.4. The summed E-state index contributed by atoms with van der Waals surface area (Å²) in [6.45, 7) is 3.31. The predicted molar refractivity (Wildman–Crippen MR) is 77.6 cm³/mol. The van der Waals surface area contributed by atoms with Gasteiger partial charge in [-0.2, -0.15) is 0 Å². The molecule has 0 spiro atoms. The van der Waals surface area contributed by atoms with Gasteiger partial charge in [0.1, 0.15) is 0 Å². The van der Waals surface area contributed by atoms with Crippen LogP contribution in [0, 0.1) is 5.92 Å². The summed E-state index contributed by atoms with van der Waals surface area (Å²) in [5, 5.41) is 8.14. The minimum atomic E-state index is -0.0136. The van der Waals surface area contributed by atoms with Crippen LogP contribution in [-0.2, 0) is 16.6 Å². The molecule has 21 heavy (non-hydrogen) atoms. The average molecular weight is 290 g/mol. The van der Waals surface area contributed by atoms with E-state index < -0.39 is 0 Å². The van der Waals surface area contributed by atoms with Crippen LogP contribution in [0.4, 0.5) is 0 Å². The first-order valence-corrected chi connectivity index (χ1v) is 7.44. The number of aromatic nitrogens is 3. The molecule has 1 aromatic heterocycles. The fraction of sp³-hybridized carbons (Fsp3) is 0.667. The maximum Gasteiger partial charge on any atom is 0.246 e. The van der Waals surface area contributed by atoms with Crippen LogP contribution in [0.3, 0.4) is 0 Å². The van der Waals surface area contributed by atoms with Gasteiger partial charge in [-0.1, -0.05) is 10.8 Å². The van der Waals surface area contributed by atoms with Crippen molar-refractivity contribution in [2.45, 2.75) is 31.8 Å². The van der Waals surface area contributed by atoms with Crippen molar-refractivity contribution in [1.82, 2.24) is 19.9 Å². The highest BCUT2D eigenvalue weighted by molar-refractivity contribution is 5.88.